The van der Waals surface area contributed by atoms with Crippen LogP contribution in [0.2, 0.25) is 0 Å². The van der Waals surface area contributed by atoms with Gasteiger partial charge in [0.2, 0.25) is 0 Å². The van der Waals surface area contributed by atoms with Crippen LogP contribution in [0.25, 0.3) is 0 Å². The van der Waals surface area contributed by atoms with Crippen molar-refractivity contribution in [1.29, 1.82) is 0 Å². The van der Waals surface area contributed by atoms with Crippen molar-refractivity contribution in [2.75, 3.05) is 5.75 Å². The van der Waals surface area contributed by atoms with Gasteiger partial charge in [0.05, 0.1) is 6.10 Å². The highest BCUT2D eigenvalue weighted by atomic mass is 32.2. The summed E-state index contributed by atoms with van der Waals surface area (Å²) >= 11 is 1.73. The second-order valence-corrected chi connectivity index (χ2v) is 3.93. The van der Waals surface area contributed by atoms with E-state index in [1.165, 1.54) is 10.5 Å². The fourth-order valence-corrected chi connectivity index (χ4v) is 2.36. The molecule has 0 fully saturated rings. The van der Waals surface area contributed by atoms with Crippen molar-refractivity contribution >= 4 is 11.8 Å². The largest absolute Gasteiger partial charge is 0.387 e. The van der Waals surface area contributed by atoms with Gasteiger partial charge in [0, 0.05) is 10.6 Å². The molecule has 2 heteroatoms. The summed E-state index contributed by atoms with van der Waals surface area (Å²) in [5.41, 5.74) is 2.33. The Morgan fingerprint density at radius 2 is 2.36 bits per heavy atom. The minimum absolute atomic E-state index is 0.241. The second kappa shape index (κ2) is 2.54. The van der Waals surface area contributed by atoms with Gasteiger partial charge in [-0.1, -0.05) is 17.7 Å². The lowest BCUT2D eigenvalue weighted by atomic mass is 10.1. The SMILES string of the molecule is Cc1ccc2c(c1)C(O)CS2. The van der Waals surface area contributed by atoms with E-state index in [-0.39, 0.29) is 6.10 Å². The molecule has 1 aliphatic rings. The molecule has 1 N–H and O–H groups in total. The first kappa shape index (κ1) is 7.19. The zero-order valence-electron chi connectivity index (χ0n) is 6.37. The Kier molecular flexibility index (Phi) is 1.66. The molecule has 0 radical (unpaired) electrons. The molecule has 1 aromatic carbocycles. The van der Waals surface area contributed by atoms with E-state index in [2.05, 4.69) is 25.1 Å². The minimum atomic E-state index is -0.241. The van der Waals surface area contributed by atoms with Crippen LogP contribution in [-0.4, -0.2) is 10.9 Å². The van der Waals surface area contributed by atoms with Crippen LogP contribution >= 0.6 is 11.8 Å². The lowest BCUT2D eigenvalue weighted by Crippen LogP contribution is -1.93. The summed E-state index contributed by atoms with van der Waals surface area (Å²) in [4.78, 5) is 1.24. The van der Waals surface area contributed by atoms with Crippen LogP contribution in [0.15, 0.2) is 23.1 Å². The first-order valence-electron chi connectivity index (χ1n) is 3.69. The van der Waals surface area contributed by atoms with Crippen molar-refractivity contribution in [2.24, 2.45) is 0 Å². The molecular weight excluding hydrogens is 156 g/mol. The molecule has 2 rings (SSSR count). The number of rotatable bonds is 0. The highest BCUT2D eigenvalue weighted by Crippen LogP contribution is 2.38. The van der Waals surface area contributed by atoms with Crippen LogP contribution in [0.3, 0.4) is 0 Å². The highest BCUT2D eigenvalue weighted by Gasteiger charge is 2.19. The van der Waals surface area contributed by atoms with E-state index in [4.69, 9.17) is 0 Å². The van der Waals surface area contributed by atoms with Crippen molar-refractivity contribution in [2.45, 2.75) is 17.9 Å². The number of aryl methyl sites for hydroxylation is 1. The number of aliphatic hydroxyl groups excluding tert-OH is 1. The molecule has 0 aliphatic carbocycles. The lowest BCUT2D eigenvalue weighted by Gasteiger charge is -2.02. The van der Waals surface area contributed by atoms with Gasteiger partial charge < -0.3 is 5.11 Å². The van der Waals surface area contributed by atoms with Crippen LogP contribution in [-0.2, 0) is 0 Å². The normalized spacial score (nSPS) is 21.8. The van der Waals surface area contributed by atoms with E-state index in [0.29, 0.717) is 0 Å². The van der Waals surface area contributed by atoms with E-state index in [0.717, 1.165) is 11.3 Å². The van der Waals surface area contributed by atoms with E-state index in [1.807, 2.05) is 0 Å². The molecule has 0 saturated carbocycles. The molecule has 1 unspecified atom stereocenters. The van der Waals surface area contributed by atoms with Crippen molar-refractivity contribution in [1.82, 2.24) is 0 Å². The van der Waals surface area contributed by atoms with Gasteiger partial charge in [0.1, 0.15) is 0 Å². The average molecular weight is 166 g/mol. The summed E-state index contributed by atoms with van der Waals surface area (Å²) in [7, 11) is 0. The summed E-state index contributed by atoms with van der Waals surface area (Å²) in [5.74, 6) is 0.818. The van der Waals surface area contributed by atoms with E-state index < -0.39 is 0 Å². The topological polar surface area (TPSA) is 20.2 Å². The summed E-state index contributed by atoms with van der Waals surface area (Å²) in [6, 6.07) is 6.25. The van der Waals surface area contributed by atoms with E-state index in [1.54, 1.807) is 11.8 Å². The molecule has 0 saturated heterocycles. The molecule has 11 heavy (non-hydrogen) atoms. The molecule has 1 aromatic rings. The number of hydrogen-bond donors (Lipinski definition) is 1. The van der Waals surface area contributed by atoms with Gasteiger partial charge in [-0.25, -0.2) is 0 Å². The average Bonchev–Trinajstić information content (AvgIpc) is 2.33. The van der Waals surface area contributed by atoms with Crippen LogP contribution < -0.4 is 0 Å². The van der Waals surface area contributed by atoms with Crippen molar-refractivity contribution in [3.8, 4) is 0 Å². The number of aliphatic hydroxyl groups is 1. The third-order valence-electron chi connectivity index (χ3n) is 1.92. The third-order valence-corrected chi connectivity index (χ3v) is 3.09. The van der Waals surface area contributed by atoms with Gasteiger partial charge in [-0.15, -0.1) is 11.8 Å². The Balaban J connectivity index is 2.52. The Bertz CT molecular complexity index is 283. The van der Waals surface area contributed by atoms with Crippen molar-refractivity contribution in [3.05, 3.63) is 29.3 Å². The van der Waals surface area contributed by atoms with E-state index >= 15 is 0 Å². The molecule has 1 atom stereocenters. The Morgan fingerprint density at radius 1 is 1.55 bits per heavy atom. The summed E-state index contributed by atoms with van der Waals surface area (Å²) < 4.78 is 0. The molecule has 1 aliphatic heterocycles. The summed E-state index contributed by atoms with van der Waals surface area (Å²) in [6.45, 7) is 2.05. The maximum Gasteiger partial charge on any atom is 0.0894 e. The number of fused-ring (bicyclic) bond motifs is 1. The van der Waals surface area contributed by atoms with Crippen LogP contribution in [0, 0.1) is 6.92 Å². The fraction of sp³-hybridized carbons (Fsp3) is 0.333. The van der Waals surface area contributed by atoms with Crippen LogP contribution in [0.5, 0.6) is 0 Å². The third kappa shape index (κ3) is 1.17. The van der Waals surface area contributed by atoms with E-state index in [9.17, 15) is 5.11 Å². The predicted molar refractivity (Wildman–Crippen MR) is 46.9 cm³/mol. The number of thioether (sulfide) groups is 1. The fourth-order valence-electron chi connectivity index (χ4n) is 1.32. The smallest absolute Gasteiger partial charge is 0.0894 e. The van der Waals surface area contributed by atoms with Gasteiger partial charge in [-0.05, 0) is 18.6 Å². The molecule has 1 nitrogen and oxygen atoms in total. The molecule has 0 spiro atoms. The van der Waals surface area contributed by atoms with Gasteiger partial charge in [0.25, 0.3) is 0 Å². The maximum absolute atomic E-state index is 9.48. The molecule has 1 heterocycles. The first-order valence-corrected chi connectivity index (χ1v) is 4.67. The molecular formula is C9H10OS. The lowest BCUT2D eigenvalue weighted by molar-refractivity contribution is 0.205. The predicted octanol–water partition coefficient (Wildman–Crippen LogP) is 2.13. The molecule has 0 bridgehead atoms. The van der Waals surface area contributed by atoms with Crippen LogP contribution in [0.1, 0.15) is 17.2 Å². The van der Waals surface area contributed by atoms with Gasteiger partial charge in [0.15, 0.2) is 0 Å². The number of hydrogen-bond acceptors (Lipinski definition) is 2. The standard InChI is InChI=1S/C9H10OS/c1-6-2-3-9-7(4-6)8(10)5-11-9/h2-4,8,10H,5H2,1H3. The molecule has 0 aromatic heterocycles. The minimum Gasteiger partial charge on any atom is -0.387 e. The van der Waals surface area contributed by atoms with Crippen molar-refractivity contribution < 1.29 is 5.11 Å². The monoisotopic (exact) mass is 166 g/mol. The zero-order valence-corrected chi connectivity index (χ0v) is 7.19. The van der Waals surface area contributed by atoms with Gasteiger partial charge in [-0.3, -0.25) is 0 Å². The summed E-state index contributed by atoms with van der Waals surface area (Å²) in [5, 5.41) is 9.48. The summed E-state index contributed by atoms with van der Waals surface area (Å²) in [6.07, 6.45) is -0.241. The quantitative estimate of drug-likeness (QED) is 0.637. The second-order valence-electron chi connectivity index (χ2n) is 2.87. The van der Waals surface area contributed by atoms with Crippen LogP contribution in [0.4, 0.5) is 0 Å². The van der Waals surface area contributed by atoms with Crippen molar-refractivity contribution in [3.63, 3.8) is 0 Å². The number of benzene rings is 1. The Hall–Kier alpha value is -0.470. The zero-order chi connectivity index (χ0) is 7.84. The molecule has 58 valence electrons. The van der Waals surface area contributed by atoms with Gasteiger partial charge >= 0.3 is 0 Å². The van der Waals surface area contributed by atoms with Gasteiger partial charge in [-0.2, -0.15) is 0 Å². The highest BCUT2D eigenvalue weighted by molar-refractivity contribution is 7.99. The molecule has 0 amide bonds. The Labute approximate surface area is 70.4 Å². The first-order chi connectivity index (χ1) is 5.27. The maximum atomic E-state index is 9.48. The Morgan fingerprint density at radius 3 is 3.18 bits per heavy atom.